The highest BCUT2D eigenvalue weighted by molar-refractivity contribution is 6.17. The smallest absolute Gasteiger partial charge is 0.337 e. The largest absolute Gasteiger partial charge is 0.478 e. The summed E-state index contributed by atoms with van der Waals surface area (Å²) in [5.41, 5.74) is 0.465. The van der Waals surface area contributed by atoms with Gasteiger partial charge in [0, 0.05) is 12.8 Å². The van der Waals surface area contributed by atoms with Gasteiger partial charge < -0.3 is 20.4 Å². The third kappa shape index (κ3) is 6.23. The van der Waals surface area contributed by atoms with Crippen LogP contribution in [0.4, 0.5) is 0 Å². The number of carboxylic acid groups (broad SMARTS) is 4. The number of ketones is 2. The number of benzene rings is 3. The van der Waals surface area contributed by atoms with E-state index >= 15 is 0 Å². The fourth-order valence-corrected chi connectivity index (χ4v) is 4.96. The second-order valence-corrected chi connectivity index (χ2v) is 9.51. The summed E-state index contributed by atoms with van der Waals surface area (Å²) in [4.78, 5) is 67.7. The van der Waals surface area contributed by atoms with Crippen molar-refractivity contribution in [2.24, 2.45) is 0 Å². The van der Waals surface area contributed by atoms with Gasteiger partial charge in [-0.2, -0.15) is 0 Å². The summed E-state index contributed by atoms with van der Waals surface area (Å²) in [5, 5.41) is 39.8. The van der Waals surface area contributed by atoms with Crippen molar-refractivity contribution in [1.29, 1.82) is 0 Å². The molecule has 0 aliphatic heterocycles. The minimum atomic E-state index is -1.24. The topological polar surface area (TPSA) is 183 Å². The molecule has 4 N–H and O–H groups in total. The fraction of sp³-hybridized carbons (Fsp3) is 0.125. The third-order valence-electron chi connectivity index (χ3n) is 6.87. The van der Waals surface area contributed by atoms with E-state index in [1.165, 1.54) is 30.4 Å². The van der Waals surface area contributed by atoms with E-state index in [9.17, 15) is 33.9 Å². The van der Waals surface area contributed by atoms with Crippen molar-refractivity contribution in [3.63, 3.8) is 0 Å². The zero-order valence-corrected chi connectivity index (χ0v) is 22.0. The molecule has 0 spiro atoms. The van der Waals surface area contributed by atoms with Crippen LogP contribution in [0, 0.1) is 0 Å². The van der Waals surface area contributed by atoms with Gasteiger partial charge in [0.2, 0.25) is 0 Å². The number of aromatic carboxylic acids is 2. The van der Waals surface area contributed by atoms with Crippen LogP contribution in [-0.2, 0) is 19.2 Å². The second kappa shape index (κ2) is 12.3. The molecule has 2 aliphatic carbocycles. The Hall–Kier alpha value is -5.64. The number of carbonyl (C=O) groups excluding carboxylic acids is 2. The van der Waals surface area contributed by atoms with E-state index in [1.54, 1.807) is 18.2 Å². The van der Waals surface area contributed by atoms with E-state index in [4.69, 9.17) is 15.3 Å². The first-order chi connectivity index (χ1) is 20.0. The molecule has 0 unspecified atom stereocenters. The molecule has 0 saturated heterocycles. The summed E-state index contributed by atoms with van der Waals surface area (Å²) >= 11 is 0. The van der Waals surface area contributed by atoms with E-state index in [1.807, 2.05) is 24.3 Å². The normalized spacial score (nSPS) is 14.7. The fourth-order valence-electron chi connectivity index (χ4n) is 4.96. The van der Waals surface area contributed by atoms with Crippen LogP contribution in [0.15, 0.2) is 95.1 Å². The molecule has 0 heterocycles. The SMILES string of the molecule is O=C(O)c1ccc2c(ccc3ccccc32)c1C(=O)O.O=C1C=C(CCC2=CC(=O)CC=C2C(=O)O)C(C(=O)O)=CC1. The van der Waals surface area contributed by atoms with Crippen molar-refractivity contribution in [2.75, 3.05) is 0 Å². The predicted molar refractivity (Wildman–Crippen MR) is 151 cm³/mol. The van der Waals surface area contributed by atoms with Crippen LogP contribution in [0.2, 0.25) is 0 Å². The zero-order valence-electron chi connectivity index (χ0n) is 22.0. The average molecular weight is 569 g/mol. The summed E-state index contributed by atoms with van der Waals surface area (Å²) in [6.07, 6.45) is 5.74. The molecule has 212 valence electrons. The van der Waals surface area contributed by atoms with Gasteiger partial charge in [-0.25, -0.2) is 19.2 Å². The lowest BCUT2D eigenvalue weighted by Gasteiger charge is -2.16. The van der Waals surface area contributed by atoms with Crippen molar-refractivity contribution in [1.82, 2.24) is 0 Å². The highest BCUT2D eigenvalue weighted by Gasteiger charge is 2.23. The van der Waals surface area contributed by atoms with Crippen LogP contribution in [-0.4, -0.2) is 55.9 Å². The second-order valence-electron chi connectivity index (χ2n) is 9.51. The monoisotopic (exact) mass is 568 g/mol. The van der Waals surface area contributed by atoms with E-state index < -0.39 is 23.9 Å². The molecule has 0 saturated carbocycles. The number of carboxylic acids is 4. The van der Waals surface area contributed by atoms with Crippen LogP contribution in [0.3, 0.4) is 0 Å². The molecule has 0 amide bonds. The van der Waals surface area contributed by atoms with E-state index in [-0.39, 0.29) is 59.5 Å². The Morgan fingerprint density at radius 2 is 1.10 bits per heavy atom. The molecular weight excluding hydrogens is 544 g/mol. The third-order valence-corrected chi connectivity index (χ3v) is 6.87. The number of hydrogen-bond donors (Lipinski definition) is 4. The van der Waals surface area contributed by atoms with Gasteiger partial charge in [-0.15, -0.1) is 0 Å². The summed E-state index contributed by atoms with van der Waals surface area (Å²) in [6.45, 7) is 0. The van der Waals surface area contributed by atoms with Gasteiger partial charge in [-0.3, -0.25) is 9.59 Å². The Balaban J connectivity index is 0.000000193. The molecule has 0 aromatic heterocycles. The maximum atomic E-state index is 11.4. The molecule has 3 aromatic rings. The van der Waals surface area contributed by atoms with Gasteiger partial charge >= 0.3 is 23.9 Å². The molecule has 0 fully saturated rings. The van der Waals surface area contributed by atoms with Crippen LogP contribution >= 0.6 is 0 Å². The quantitative estimate of drug-likeness (QED) is 0.284. The molecular formula is C32H24O10. The molecule has 10 nitrogen and oxygen atoms in total. The average Bonchev–Trinajstić information content (AvgIpc) is 2.95. The lowest BCUT2D eigenvalue weighted by atomic mass is 9.88. The molecule has 3 aromatic carbocycles. The first kappa shape index (κ1) is 29.3. The lowest BCUT2D eigenvalue weighted by molar-refractivity contribution is -0.133. The van der Waals surface area contributed by atoms with Gasteiger partial charge in [0.1, 0.15) is 0 Å². The molecule has 2 aliphatic rings. The van der Waals surface area contributed by atoms with E-state index in [0.29, 0.717) is 16.5 Å². The summed E-state index contributed by atoms with van der Waals surface area (Å²) in [5.74, 6) is -5.10. The number of hydrogen-bond acceptors (Lipinski definition) is 6. The number of allylic oxidation sites excluding steroid dienone is 4. The maximum Gasteiger partial charge on any atom is 0.337 e. The Morgan fingerprint density at radius 1 is 0.571 bits per heavy atom. The van der Waals surface area contributed by atoms with E-state index in [0.717, 1.165) is 16.2 Å². The molecule has 42 heavy (non-hydrogen) atoms. The highest BCUT2D eigenvalue weighted by Crippen LogP contribution is 2.30. The Labute approximate surface area is 238 Å². The van der Waals surface area contributed by atoms with Gasteiger partial charge in [0.05, 0.1) is 22.3 Å². The summed E-state index contributed by atoms with van der Waals surface area (Å²) in [6, 6.07) is 14.1. The molecule has 0 radical (unpaired) electrons. The van der Waals surface area contributed by atoms with Crippen LogP contribution in [0.25, 0.3) is 21.5 Å². The number of carbonyl (C=O) groups is 6. The molecule has 0 atom stereocenters. The Kier molecular flexibility index (Phi) is 8.56. The van der Waals surface area contributed by atoms with Crippen LogP contribution < -0.4 is 0 Å². The summed E-state index contributed by atoms with van der Waals surface area (Å²) in [7, 11) is 0. The number of aliphatic carboxylic acids is 2. The standard InChI is InChI=1S/C16H14O6.C16H10O4/c17-11-3-5-13(15(19)20)9(7-11)1-2-10-8-12(18)4-6-14(10)16(21)22;17-15(18)13-8-7-11-10-4-2-1-3-9(10)5-6-12(11)14(13)16(19)20/h5-8H,1-4H2,(H,19,20)(H,21,22);1-8H,(H,17,18)(H,19,20). The molecule has 10 heteroatoms. The van der Waals surface area contributed by atoms with Gasteiger partial charge in [0.15, 0.2) is 11.6 Å². The first-order valence-corrected chi connectivity index (χ1v) is 12.7. The van der Waals surface area contributed by atoms with Crippen molar-refractivity contribution in [3.8, 4) is 0 Å². The lowest BCUT2D eigenvalue weighted by Crippen LogP contribution is -2.13. The maximum absolute atomic E-state index is 11.4. The van der Waals surface area contributed by atoms with Crippen molar-refractivity contribution in [2.45, 2.75) is 25.7 Å². The molecule has 5 rings (SSSR count). The van der Waals surface area contributed by atoms with Crippen molar-refractivity contribution in [3.05, 3.63) is 106 Å². The number of rotatable bonds is 7. The predicted octanol–water partition coefficient (Wildman–Crippen LogP) is 4.98. The minimum Gasteiger partial charge on any atom is -0.478 e. The van der Waals surface area contributed by atoms with Gasteiger partial charge in [-0.05, 0) is 63.8 Å². The Morgan fingerprint density at radius 3 is 1.60 bits per heavy atom. The van der Waals surface area contributed by atoms with Crippen LogP contribution in [0.5, 0.6) is 0 Å². The minimum absolute atomic E-state index is 0.0482. The summed E-state index contributed by atoms with van der Waals surface area (Å²) < 4.78 is 0. The van der Waals surface area contributed by atoms with E-state index in [2.05, 4.69) is 0 Å². The highest BCUT2D eigenvalue weighted by atomic mass is 16.4. The van der Waals surface area contributed by atoms with Gasteiger partial charge in [-0.1, -0.05) is 54.6 Å². The van der Waals surface area contributed by atoms with Crippen molar-refractivity contribution >= 4 is 57.0 Å². The van der Waals surface area contributed by atoms with Crippen molar-refractivity contribution < 1.29 is 49.2 Å². The first-order valence-electron chi connectivity index (χ1n) is 12.7. The van der Waals surface area contributed by atoms with Gasteiger partial charge in [0.25, 0.3) is 0 Å². The van der Waals surface area contributed by atoms with Crippen LogP contribution in [0.1, 0.15) is 46.4 Å². The zero-order chi connectivity index (χ0) is 30.6. The molecule has 0 bridgehead atoms. The number of fused-ring (bicyclic) bond motifs is 3. The Bertz CT molecular complexity index is 1760.